The normalized spacial score (nSPS) is 14.3. The Kier molecular flexibility index (Phi) is 6.36. The molecule has 2 aromatic carbocycles. The Bertz CT molecular complexity index is 392. The summed E-state index contributed by atoms with van der Waals surface area (Å²) in [5.74, 6) is 0. The topological polar surface area (TPSA) is 18.5 Å². The van der Waals surface area contributed by atoms with Crippen molar-refractivity contribution in [2.45, 2.75) is 0 Å². The van der Waals surface area contributed by atoms with Crippen LogP contribution in [-0.4, -0.2) is 35.9 Å². The molecule has 2 nitrogen and oxygen atoms in total. The molecule has 3 heteroatoms. The molecule has 1 aliphatic rings. The van der Waals surface area contributed by atoms with E-state index >= 15 is 0 Å². The van der Waals surface area contributed by atoms with E-state index in [9.17, 15) is 0 Å². The first kappa shape index (κ1) is 14.0. The number of ether oxygens (including phenoxy) is 2. The molecular formula is C16H20O2Si. The fourth-order valence-corrected chi connectivity index (χ4v) is 3.35. The molecule has 0 aliphatic carbocycles. The van der Waals surface area contributed by atoms with Gasteiger partial charge in [0.05, 0.1) is 35.9 Å². The van der Waals surface area contributed by atoms with Gasteiger partial charge in [0.1, 0.15) is 0 Å². The van der Waals surface area contributed by atoms with Gasteiger partial charge in [-0.3, -0.25) is 0 Å². The van der Waals surface area contributed by atoms with E-state index in [0.29, 0.717) is 0 Å². The maximum Gasteiger partial charge on any atom is 0.0875 e. The first-order chi connectivity index (χ1) is 9.45. The van der Waals surface area contributed by atoms with Crippen molar-refractivity contribution < 1.29 is 9.47 Å². The van der Waals surface area contributed by atoms with Gasteiger partial charge >= 0.3 is 0 Å². The van der Waals surface area contributed by atoms with Gasteiger partial charge in [0.2, 0.25) is 0 Å². The maximum absolute atomic E-state index is 4.94. The van der Waals surface area contributed by atoms with Gasteiger partial charge < -0.3 is 9.47 Å². The molecule has 0 N–H and O–H groups in total. The molecule has 0 amide bonds. The summed E-state index contributed by atoms with van der Waals surface area (Å²) in [5, 5.41) is 3.02. The van der Waals surface area contributed by atoms with Crippen molar-refractivity contribution in [3.63, 3.8) is 0 Å². The second kappa shape index (κ2) is 8.64. The Labute approximate surface area is 117 Å². The van der Waals surface area contributed by atoms with Crippen molar-refractivity contribution >= 4 is 19.9 Å². The average Bonchev–Trinajstić information content (AvgIpc) is 2.52. The molecule has 0 saturated carbocycles. The van der Waals surface area contributed by atoms with E-state index in [4.69, 9.17) is 9.47 Å². The van der Waals surface area contributed by atoms with Crippen LogP contribution in [0.15, 0.2) is 60.7 Å². The maximum atomic E-state index is 4.94. The highest BCUT2D eigenvalue weighted by Crippen LogP contribution is 1.85. The molecule has 19 heavy (non-hydrogen) atoms. The zero-order chi connectivity index (χ0) is 13.2. The van der Waals surface area contributed by atoms with E-state index in [1.807, 2.05) is 0 Å². The first-order valence-electron chi connectivity index (χ1n) is 6.68. The van der Waals surface area contributed by atoms with Crippen molar-refractivity contribution in [2.75, 3.05) is 26.4 Å². The zero-order valence-corrected chi connectivity index (χ0v) is 12.5. The highest BCUT2D eigenvalue weighted by atomic mass is 28.2. The lowest BCUT2D eigenvalue weighted by Crippen LogP contribution is -2.26. The predicted octanol–water partition coefficient (Wildman–Crippen LogP) is 0.839. The molecule has 0 atom stereocenters. The van der Waals surface area contributed by atoms with E-state index in [0.717, 1.165) is 26.4 Å². The van der Waals surface area contributed by atoms with E-state index in [1.165, 1.54) is 10.4 Å². The van der Waals surface area contributed by atoms with Crippen molar-refractivity contribution in [2.24, 2.45) is 0 Å². The summed E-state index contributed by atoms with van der Waals surface area (Å²) in [7, 11) is -0.234. The lowest BCUT2D eigenvalue weighted by molar-refractivity contribution is -0.0334. The van der Waals surface area contributed by atoms with E-state index < -0.39 is 0 Å². The molecular weight excluding hydrogens is 252 g/mol. The Balaban J connectivity index is 0.000000186. The molecule has 0 bridgehead atoms. The van der Waals surface area contributed by atoms with Crippen LogP contribution in [0.4, 0.5) is 0 Å². The van der Waals surface area contributed by atoms with Crippen LogP contribution in [0.3, 0.4) is 0 Å². The number of benzene rings is 2. The van der Waals surface area contributed by atoms with Crippen LogP contribution in [0.1, 0.15) is 0 Å². The molecule has 0 radical (unpaired) electrons. The summed E-state index contributed by atoms with van der Waals surface area (Å²) in [6.45, 7) is 3.11. The lowest BCUT2D eigenvalue weighted by atomic mass is 10.4. The minimum atomic E-state index is -0.234. The average molecular weight is 272 g/mol. The minimum absolute atomic E-state index is 0.234. The highest BCUT2D eigenvalue weighted by Gasteiger charge is 1.94. The Hall–Kier alpha value is -1.42. The third-order valence-electron chi connectivity index (χ3n) is 2.84. The van der Waals surface area contributed by atoms with Gasteiger partial charge in [-0.05, 0) is 0 Å². The SMILES string of the molecule is C1COCCO1.c1ccc([SiH2]c2ccccc2)cc1. The summed E-state index contributed by atoms with van der Waals surface area (Å²) < 4.78 is 9.89. The second-order valence-electron chi connectivity index (χ2n) is 4.37. The van der Waals surface area contributed by atoms with E-state index in [-0.39, 0.29) is 9.52 Å². The molecule has 0 aromatic heterocycles. The van der Waals surface area contributed by atoms with E-state index in [1.54, 1.807) is 0 Å². The van der Waals surface area contributed by atoms with Gasteiger partial charge in [-0.15, -0.1) is 0 Å². The lowest BCUT2D eigenvalue weighted by Gasteiger charge is -2.09. The summed E-state index contributed by atoms with van der Waals surface area (Å²) in [5.41, 5.74) is 0. The van der Waals surface area contributed by atoms with Crippen molar-refractivity contribution in [3.05, 3.63) is 60.7 Å². The van der Waals surface area contributed by atoms with Crippen molar-refractivity contribution in [3.8, 4) is 0 Å². The van der Waals surface area contributed by atoms with Crippen molar-refractivity contribution in [1.29, 1.82) is 0 Å². The molecule has 0 spiro atoms. The molecule has 1 saturated heterocycles. The van der Waals surface area contributed by atoms with Gasteiger partial charge in [-0.2, -0.15) is 0 Å². The molecule has 0 unspecified atom stereocenters. The summed E-state index contributed by atoms with van der Waals surface area (Å²) in [6, 6.07) is 21.5. The van der Waals surface area contributed by atoms with E-state index in [2.05, 4.69) is 60.7 Å². The molecule has 1 aliphatic heterocycles. The second-order valence-corrected chi connectivity index (χ2v) is 6.36. The molecule has 3 rings (SSSR count). The fraction of sp³-hybridized carbons (Fsp3) is 0.250. The van der Waals surface area contributed by atoms with Crippen LogP contribution in [0.2, 0.25) is 0 Å². The number of rotatable bonds is 2. The first-order valence-corrected chi connectivity index (χ1v) is 8.10. The molecule has 1 fully saturated rings. The fourth-order valence-electron chi connectivity index (χ4n) is 1.87. The van der Waals surface area contributed by atoms with Crippen LogP contribution in [0.25, 0.3) is 0 Å². The predicted molar refractivity (Wildman–Crippen MR) is 82.3 cm³/mol. The van der Waals surface area contributed by atoms with Crippen LogP contribution in [0, 0.1) is 0 Å². The van der Waals surface area contributed by atoms with Gasteiger partial charge in [0, 0.05) is 0 Å². The van der Waals surface area contributed by atoms with Gasteiger partial charge in [0.15, 0.2) is 0 Å². The number of hydrogen-bond donors (Lipinski definition) is 0. The largest absolute Gasteiger partial charge is 0.377 e. The Morgan fingerprint density at radius 3 is 1.26 bits per heavy atom. The van der Waals surface area contributed by atoms with Gasteiger partial charge in [-0.25, -0.2) is 0 Å². The van der Waals surface area contributed by atoms with Crippen molar-refractivity contribution in [1.82, 2.24) is 0 Å². The van der Waals surface area contributed by atoms with Crippen LogP contribution < -0.4 is 10.4 Å². The molecule has 1 heterocycles. The molecule has 100 valence electrons. The van der Waals surface area contributed by atoms with Gasteiger partial charge in [0.25, 0.3) is 0 Å². The minimum Gasteiger partial charge on any atom is -0.377 e. The smallest absolute Gasteiger partial charge is 0.0875 e. The Morgan fingerprint density at radius 2 is 0.947 bits per heavy atom. The quantitative estimate of drug-likeness (QED) is 0.754. The summed E-state index contributed by atoms with van der Waals surface area (Å²) >= 11 is 0. The molecule has 2 aromatic rings. The van der Waals surface area contributed by atoms with Gasteiger partial charge in [-0.1, -0.05) is 71.0 Å². The monoisotopic (exact) mass is 272 g/mol. The zero-order valence-electron chi connectivity index (χ0n) is 11.1. The third kappa shape index (κ3) is 5.83. The number of hydrogen-bond acceptors (Lipinski definition) is 2. The summed E-state index contributed by atoms with van der Waals surface area (Å²) in [6.07, 6.45) is 0. The van der Waals surface area contributed by atoms with Crippen LogP contribution in [0.5, 0.6) is 0 Å². The Morgan fingerprint density at radius 1 is 0.579 bits per heavy atom. The third-order valence-corrected chi connectivity index (χ3v) is 4.60. The highest BCUT2D eigenvalue weighted by molar-refractivity contribution is 6.67. The standard InChI is InChI=1S/C12H12Si.C4H8O2/c1-3-7-11(8-4-1)13-12-9-5-2-6-10-12;1-2-6-4-3-5-1/h1-10H,13H2;1-4H2. The van der Waals surface area contributed by atoms with Crippen LogP contribution >= 0.6 is 0 Å². The van der Waals surface area contributed by atoms with Crippen LogP contribution in [-0.2, 0) is 9.47 Å². The summed E-state index contributed by atoms with van der Waals surface area (Å²) in [4.78, 5) is 0.